The molecule has 29 heavy (non-hydrogen) atoms. The average molecular weight is 423 g/mol. The van der Waals surface area contributed by atoms with Crippen molar-refractivity contribution in [2.45, 2.75) is 90.0 Å². The van der Waals surface area contributed by atoms with Crippen molar-refractivity contribution in [1.82, 2.24) is 5.32 Å². The molecule has 0 aliphatic carbocycles. The van der Waals surface area contributed by atoms with Gasteiger partial charge in [0, 0.05) is 23.3 Å². The van der Waals surface area contributed by atoms with Gasteiger partial charge in [-0.2, -0.15) is 0 Å². The van der Waals surface area contributed by atoms with Crippen LogP contribution in [0.2, 0.25) is 5.02 Å². The first-order valence-electron chi connectivity index (χ1n) is 11.3. The molecule has 5 heteroatoms. The molecular weight excluding hydrogens is 384 g/mol. The summed E-state index contributed by atoms with van der Waals surface area (Å²) < 4.78 is 0. The molecule has 1 atom stereocenters. The molecule has 1 aromatic carbocycles. The highest BCUT2D eigenvalue weighted by Gasteiger charge is 2.14. The molecule has 0 heterocycles. The number of carbonyl (C=O) groups is 1. The molecule has 0 saturated heterocycles. The van der Waals surface area contributed by atoms with Crippen LogP contribution in [0.3, 0.4) is 0 Å². The van der Waals surface area contributed by atoms with Crippen LogP contribution in [0.25, 0.3) is 0 Å². The van der Waals surface area contributed by atoms with Crippen LogP contribution in [0, 0.1) is 0 Å². The SMILES string of the molecule is CCCCCCCCCCCCCCNC(=O)[C@H](CO)N=Cc1ccccc1Cl. The van der Waals surface area contributed by atoms with E-state index in [1.165, 1.54) is 64.2 Å². The summed E-state index contributed by atoms with van der Waals surface area (Å²) in [6.45, 7) is 2.58. The van der Waals surface area contributed by atoms with Crippen LogP contribution in [0.4, 0.5) is 0 Å². The van der Waals surface area contributed by atoms with Crippen LogP contribution >= 0.6 is 11.6 Å². The molecule has 0 aromatic heterocycles. The quantitative estimate of drug-likeness (QED) is 0.241. The minimum Gasteiger partial charge on any atom is -0.394 e. The predicted octanol–water partition coefficient (Wildman–Crippen LogP) is 5.94. The van der Waals surface area contributed by atoms with Gasteiger partial charge in [0.15, 0.2) is 6.04 Å². The Morgan fingerprint density at radius 3 is 2.10 bits per heavy atom. The number of nitrogens with zero attached hydrogens (tertiary/aromatic N) is 1. The van der Waals surface area contributed by atoms with Gasteiger partial charge in [0.25, 0.3) is 0 Å². The van der Waals surface area contributed by atoms with Crippen molar-refractivity contribution in [3.8, 4) is 0 Å². The maximum atomic E-state index is 12.2. The Hall–Kier alpha value is -1.39. The fourth-order valence-corrected chi connectivity index (χ4v) is 3.43. The number of benzene rings is 1. The topological polar surface area (TPSA) is 61.7 Å². The van der Waals surface area contributed by atoms with Crippen LogP contribution in [0.5, 0.6) is 0 Å². The first kappa shape index (κ1) is 25.6. The number of aliphatic hydroxyl groups is 1. The Kier molecular flexibility index (Phi) is 15.4. The van der Waals surface area contributed by atoms with Gasteiger partial charge < -0.3 is 10.4 Å². The van der Waals surface area contributed by atoms with E-state index in [1.807, 2.05) is 18.2 Å². The number of amides is 1. The standard InChI is InChI=1S/C24H39ClN2O2/c1-2-3-4-5-6-7-8-9-10-11-12-15-18-26-24(29)23(20-28)27-19-21-16-13-14-17-22(21)25/h13-14,16-17,19,23,28H,2-12,15,18,20H2,1H3,(H,26,29)/t23-/m0/s1. The van der Waals surface area contributed by atoms with Gasteiger partial charge in [0.05, 0.1) is 6.61 Å². The second-order valence-electron chi connectivity index (χ2n) is 7.68. The number of nitrogens with one attached hydrogen (secondary N) is 1. The van der Waals surface area contributed by atoms with E-state index < -0.39 is 6.04 Å². The maximum absolute atomic E-state index is 12.2. The van der Waals surface area contributed by atoms with E-state index in [0.29, 0.717) is 11.6 Å². The van der Waals surface area contributed by atoms with E-state index in [9.17, 15) is 9.90 Å². The third-order valence-electron chi connectivity index (χ3n) is 5.10. The van der Waals surface area contributed by atoms with E-state index in [1.54, 1.807) is 12.3 Å². The summed E-state index contributed by atoms with van der Waals surface area (Å²) >= 11 is 6.07. The molecule has 0 aliphatic rings. The third kappa shape index (κ3) is 12.7. The second kappa shape index (κ2) is 17.5. The molecule has 0 spiro atoms. The Labute approximate surface area is 182 Å². The van der Waals surface area contributed by atoms with Gasteiger partial charge in [0.1, 0.15) is 0 Å². The van der Waals surface area contributed by atoms with Crippen molar-refractivity contribution >= 4 is 23.7 Å². The lowest BCUT2D eigenvalue weighted by molar-refractivity contribution is -0.123. The van der Waals surface area contributed by atoms with Crippen molar-refractivity contribution < 1.29 is 9.90 Å². The molecular formula is C24H39ClN2O2. The molecule has 0 aliphatic heterocycles. The van der Waals surface area contributed by atoms with Crippen LogP contribution in [0.1, 0.15) is 89.5 Å². The second-order valence-corrected chi connectivity index (χ2v) is 8.09. The highest BCUT2D eigenvalue weighted by atomic mass is 35.5. The van der Waals surface area contributed by atoms with Crippen molar-refractivity contribution in [3.05, 3.63) is 34.9 Å². The number of halogens is 1. The van der Waals surface area contributed by atoms with E-state index in [0.717, 1.165) is 18.4 Å². The Bertz CT molecular complexity index is 578. The van der Waals surface area contributed by atoms with E-state index in [2.05, 4.69) is 17.2 Å². The highest BCUT2D eigenvalue weighted by molar-refractivity contribution is 6.33. The fourth-order valence-electron chi connectivity index (χ4n) is 3.24. The monoisotopic (exact) mass is 422 g/mol. The molecule has 1 aromatic rings. The normalized spacial score (nSPS) is 12.4. The van der Waals surface area contributed by atoms with E-state index in [-0.39, 0.29) is 12.5 Å². The molecule has 1 rings (SSSR count). The first-order chi connectivity index (χ1) is 14.2. The van der Waals surface area contributed by atoms with Crippen LogP contribution < -0.4 is 5.32 Å². The van der Waals surface area contributed by atoms with Gasteiger partial charge >= 0.3 is 0 Å². The average Bonchev–Trinajstić information content (AvgIpc) is 2.73. The highest BCUT2D eigenvalue weighted by Crippen LogP contribution is 2.13. The summed E-state index contributed by atoms with van der Waals surface area (Å²) in [5, 5.41) is 12.9. The van der Waals surface area contributed by atoms with Crippen molar-refractivity contribution in [2.24, 2.45) is 4.99 Å². The number of hydrogen-bond acceptors (Lipinski definition) is 3. The van der Waals surface area contributed by atoms with Gasteiger partial charge in [-0.3, -0.25) is 9.79 Å². The third-order valence-corrected chi connectivity index (χ3v) is 5.45. The smallest absolute Gasteiger partial charge is 0.247 e. The number of hydrogen-bond donors (Lipinski definition) is 2. The molecule has 4 nitrogen and oxygen atoms in total. The number of aliphatic hydroxyl groups excluding tert-OH is 1. The Balaban J connectivity index is 2.05. The van der Waals surface area contributed by atoms with Crippen LogP contribution in [0.15, 0.2) is 29.3 Å². The minimum absolute atomic E-state index is 0.237. The zero-order valence-electron chi connectivity index (χ0n) is 18.0. The van der Waals surface area contributed by atoms with Crippen molar-refractivity contribution in [3.63, 3.8) is 0 Å². The molecule has 0 saturated carbocycles. The van der Waals surface area contributed by atoms with E-state index in [4.69, 9.17) is 11.6 Å². The van der Waals surface area contributed by atoms with Gasteiger partial charge in [-0.25, -0.2) is 0 Å². The van der Waals surface area contributed by atoms with Crippen molar-refractivity contribution in [1.29, 1.82) is 0 Å². The Morgan fingerprint density at radius 2 is 1.55 bits per heavy atom. The van der Waals surface area contributed by atoms with Gasteiger partial charge in [-0.15, -0.1) is 0 Å². The predicted molar refractivity (Wildman–Crippen MR) is 124 cm³/mol. The summed E-state index contributed by atoms with van der Waals surface area (Å²) in [5.41, 5.74) is 0.737. The minimum atomic E-state index is -0.788. The molecule has 2 N–H and O–H groups in total. The zero-order valence-corrected chi connectivity index (χ0v) is 18.8. The summed E-state index contributed by atoms with van der Waals surface area (Å²) in [7, 11) is 0. The van der Waals surface area contributed by atoms with Gasteiger partial charge in [-0.1, -0.05) is 107 Å². The number of rotatable bonds is 17. The van der Waals surface area contributed by atoms with Crippen molar-refractivity contribution in [2.75, 3.05) is 13.2 Å². The molecule has 1 amide bonds. The van der Waals surface area contributed by atoms with Gasteiger partial charge in [-0.05, 0) is 12.5 Å². The Morgan fingerprint density at radius 1 is 1.00 bits per heavy atom. The fraction of sp³-hybridized carbons (Fsp3) is 0.667. The summed E-state index contributed by atoms with van der Waals surface area (Å²) in [4.78, 5) is 16.3. The molecule has 0 unspecified atom stereocenters. The number of aliphatic imine (C=N–C) groups is 1. The lowest BCUT2D eigenvalue weighted by Gasteiger charge is -2.10. The molecule has 0 radical (unpaired) electrons. The lowest BCUT2D eigenvalue weighted by atomic mass is 10.1. The zero-order chi connectivity index (χ0) is 21.2. The van der Waals surface area contributed by atoms with Crippen LogP contribution in [-0.4, -0.2) is 36.4 Å². The largest absolute Gasteiger partial charge is 0.394 e. The van der Waals surface area contributed by atoms with Crippen LogP contribution in [-0.2, 0) is 4.79 Å². The number of unbranched alkanes of at least 4 members (excludes halogenated alkanes) is 11. The molecule has 0 fully saturated rings. The molecule has 164 valence electrons. The summed E-state index contributed by atoms with van der Waals surface area (Å²) in [6.07, 6.45) is 17.1. The summed E-state index contributed by atoms with van der Waals surface area (Å²) in [6, 6.07) is 6.50. The number of carbonyl (C=O) groups excluding carboxylic acids is 1. The van der Waals surface area contributed by atoms with E-state index >= 15 is 0 Å². The first-order valence-corrected chi connectivity index (χ1v) is 11.7. The van der Waals surface area contributed by atoms with Gasteiger partial charge in [0.2, 0.25) is 5.91 Å². The lowest BCUT2D eigenvalue weighted by Crippen LogP contribution is -2.36. The molecule has 0 bridgehead atoms. The summed E-state index contributed by atoms with van der Waals surface area (Å²) in [5.74, 6) is -0.237. The maximum Gasteiger partial charge on any atom is 0.247 e.